The smallest absolute Gasteiger partial charge is 0.161 e. The number of ether oxygens (including phenoxy) is 3. The van der Waals surface area contributed by atoms with E-state index in [1.54, 1.807) is 0 Å². The first-order valence-corrected chi connectivity index (χ1v) is 9.00. The molecule has 0 unspecified atom stereocenters. The van der Waals surface area contributed by atoms with Crippen LogP contribution in [0.25, 0.3) is 0 Å². The van der Waals surface area contributed by atoms with Crippen molar-refractivity contribution in [1.82, 2.24) is 15.1 Å². The third-order valence-electron chi connectivity index (χ3n) is 4.94. The van der Waals surface area contributed by atoms with Crippen molar-refractivity contribution in [3.8, 4) is 11.5 Å². The van der Waals surface area contributed by atoms with Gasteiger partial charge < -0.3 is 19.5 Å². The second-order valence-corrected chi connectivity index (χ2v) is 6.68. The fraction of sp³-hybridized carbons (Fsp3) is 0.526. The second kappa shape index (κ2) is 7.45. The maximum absolute atomic E-state index is 6.06. The van der Waals surface area contributed by atoms with Crippen LogP contribution in [0.4, 0.5) is 0 Å². The third kappa shape index (κ3) is 3.65. The molecule has 2 atom stereocenters. The number of hydrogen-bond acceptors (Lipinski definition) is 5. The first-order chi connectivity index (χ1) is 12.3. The summed E-state index contributed by atoms with van der Waals surface area (Å²) in [6.07, 6.45) is 4.25. The fourth-order valence-corrected chi connectivity index (χ4v) is 3.64. The molecule has 2 aliphatic heterocycles. The normalized spacial score (nSPS) is 22.8. The average molecular weight is 343 g/mol. The summed E-state index contributed by atoms with van der Waals surface area (Å²) in [4.78, 5) is 0. The topological polar surface area (TPSA) is 57.5 Å². The molecule has 1 N–H and O–H groups in total. The van der Waals surface area contributed by atoms with Gasteiger partial charge in [-0.1, -0.05) is 6.07 Å². The molecule has 6 nitrogen and oxygen atoms in total. The van der Waals surface area contributed by atoms with Crippen molar-refractivity contribution in [1.29, 1.82) is 0 Å². The molecule has 0 bridgehead atoms. The van der Waals surface area contributed by atoms with Crippen molar-refractivity contribution in [3.63, 3.8) is 0 Å². The molecule has 0 radical (unpaired) electrons. The summed E-state index contributed by atoms with van der Waals surface area (Å²) in [5.41, 5.74) is 2.36. The first kappa shape index (κ1) is 16.4. The van der Waals surface area contributed by atoms with Gasteiger partial charge in [0.2, 0.25) is 0 Å². The number of fused-ring (bicyclic) bond motifs is 1. The summed E-state index contributed by atoms with van der Waals surface area (Å²) < 4.78 is 19.2. The van der Waals surface area contributed by atoms with Crippen LogP contribution >= 0.6 is 0 Å². The number of rotatable bonds is 5. The van der Waals surface area contributed by atoms with Crippen LogP contribution in [0.2, 0.25) is 0 Å². The number of benzene rings is 1. The van der Waals surface area contributed by atoms with Crippen molar-refractivity contribution in [3.05, 3.63) is 41.7 Å². The Morgan fingerprint density at radius 2 is 2.04 bits per heavy atom. The molecule has 0 saturated carbocycles. The molecule has 6 heteroatoms. The quantitative estimate of drug-likeness (QED) is 0.904. The molecule has 1 saturated heterocycles. The Balaban J connectivity index is 1.36. The van der Waals surface area contributed by atoms with Gasteiger partial charge in [-0.15, -0.1) is 0 Å². The molecule has 0 spiro atoms. The van der Waals surface area contributed by atoms with Crippen LogP contribution in [-0.4, -0.2) is 36.1 Å². The van der Waals surface area contributed by atoms with E-state index in [0.717, 1.165) is 43.3 Å². The number of hydrogen-bond donors (Lipinski definition) is 1. The standard InChI is InChI=1S/C19H25N3O3/c1-22-16(6-7-21-22)19-15(3-2-8-25-19)13-20-12-14-4-5-17-18(11-14)24-10-9-23-17/h4-7,11,15,19-20H,2-3,8-10,12-13H2,1H3/t15-,19+/m0/s1. The van der Waals surface area contributed by atoms with Crippen molar-refractivity contribution >= 4 is 0 Å². The summed E-state index contributed by atoms with van der Waals surface area (Å²) >= 11 is 0. The fourth-order valence-electron chi connectivity index (χ4n) is 3.64. The molecule has 2 aliphatic rings. The van der Waals surface area contributed by atoms with Gasteiger partial charge >= 0.3 is 0 Å². The van der Waals surface area contributed by atoms with Gasteiger partial charge in [-0.25, -0.2) is 0 Å². The van der Waals surface area contributed by atoms with Gasteiger partial charge in [-0.3, -0.25) is 4.68 Å². The van der Waals surface area contributed by atoms with Crippen LogP contribution in [0.1, 0.15) is 30.2 Å². The van der Waals surface area contributed by atoms with Crippen molar-refractivity contribution < 1.29 is 14.2 Å². The lowest BCUT2D eigenvalue weighted by Gasteiger charge is -2.32. The molecular formula is C19H25N3O3. The van der Waals surface area contributed by atoms with Gasteiger partial charge in [0.15, 0.2) is 11.5 Å². The van der Waals surface area contributed by atoms with Crippen LogP contribution in [0.3, 0.4) is 0 Å². The number of nitrogens with zero attached hydrogens (tertiary/aromatic N) is 2. The van der Waals surface area contributed by atoms with E-state index < -0.39 is 0 Å². The van der Waals surface area contributed by atoms with E-state index in [2.05, 4.69) is 28.6 Å². The Hall–Kier alpha value is -2.05. The van der Waals surface area contributed by atoms with E-state index in [1.807, 2.05) is 24.0 Å². The number of aryl methyl sites for hydroxylation is 1. The monoisotopic (exact) mass is 343 g/mol. The molecule has 134 valence electrons. The Kier molecular flexibility index (Phi) is 4.90. The predicted octanol–water partition coefficient (Wildman–Crippen LogP) is 2.45. The van der Waals surface area contributed by atoms with E-state index in [-0.39, 0.29) is 6.10 Å². The summed E-state index contributed by atoms with van der Waals surface area (Å²) in [6, 6.07) is 8.21. The van der Waals surface area contributed by atoms with Crippen LogP contribution in [0, 0.1) is 5.92 Å². The summed E-state index contributed by atoms with van der Waals surface area (Å²) in [6.45, 7) is 3.81. The molecule has 1 aromatic carbocycles. The average Bonchev–Trinajstić information content (AvgIpc) is 3.08. The molecule has 2 aromatic rings. The molecule has 0 aliphatic carbocycles. The first-order valence-electron chi connectivity index (χ1n) is 9.00. The highest BCUT2D eigenvalue weighted by molar-refractivity contribution is 5.43. The molecule has 0 amide bonds. The van der Waals surface area contributed by atoms with Gasteiger partial charge in [0.25, 0.3) is 0 Å². The molecule has 1 aromatic heterocycles. The second-order valence-electron chi connectivity index (χ2n) is 6.68. The van der Waals surface area contributed by atoms with Crippen LogP contribution in [-0.2, 0) is 18.3 Å². The lowest BCUT2D eigenvalue weighted by Crippen LogP contribution is -2.32. The van der Waals surface area contributed by atoms with Crippen LogP contribution in [0.15, 0.2) is 30.5 Å². The highest BCUT2D eigenvalue weighted by Crippen LogP contribution is 2.33. The maximum atomic E-state index is 6.06. The van der Waals surface area contributed by atoms with E-state index in [9.17, 15) is 0 Å². The zero-order valence-electron chi connectivity index (χ0n) is 14.6. The minimum absolute atomic E-state index is 0.119. The number of nitrogens with one attached hydrogen (secondary N) is 1. The Labute approximate surface area is 148 Å². The molecule has 3 heterocycles. The van der Waals surface area contributed by atoms with Crippen molar-refractivity contribution in [2.45, 2.75) is 25.5 Å². The molecular weight excluding hydrogens is 318 g/mol. The maximum Gasteiger partial charge on any atom is 0.161 e. The SMILES string of the molecule is Cn1nccc1[C@@H]1OCCC[C@H]1CNCc1ccc2c(c1)OCCO2. The summed E-state index contributed by atoms with van der Waals surface area (Å²) in [7, 11) is 1.98. The van der Waals surface area contributed by atoms with E-state index in [0.29, 0.717) is 19.1 Å². The van der Waals surface area contributed by atoms with Crippen LogP contribution < -0.4 is 14.8 Å². The third-order valence-corrected chi connectivity index (χ3v) is 4.94. The Morgan fingerprint density at radius 3 is 2.88 bits per heavy atom. The van der Waals surface area contributed by atoms with E-state index in [1.165, 1.54) is 12.0 Å². The zero-order chi connectivity index (χ0) is 17.1. The lowest BCUT2D eigenvalue weighted by molar-refractivity contribution is -0.0323. The van der Waals surface area contributed by atoms with Crippen LogP contribution in [0.5, 0.6) is 11.5 Å². The Bertz CT molecular complexity index is 716. The molecule has 25 heavy (non-hydrogen) atoms. The highest BCUT2D eigenvalue weighted by atomic mass is 16.6. The molecule has 1 fully saturated rings. The zero-order valence-corrected chi connectivity index (χ0v) is 14.6. The largest absolute Gasteiger partial charge is 0.486 e. The van der Waals surface area contributed by atoms with Gasteiger partial charge in [-0.2, -0.15) is 5.10 Å². The van der Waals surface area contributed by atoms with Gasteiger partial charge in [-0.05, 0) is 36.6 Å². The van der Waals surface area contributed by atoms with Gasteiger partial charge in [0.1, 0.15) is 19.3 Å². The van der Waals surface area contributed by atoms with Crippen molar-refractivity contribution in [2.75, 3.05) is 26.4 Å². The molecule has 4 rings (SSSR count). The summed E-state index contributed by atoms with van der Waals surface area (Å²) in [5.74, 6) is 2.15. The predicted molar refractivity (Wildman–Crippen MR) is 93.8 cm³/mol. The van der Waals surface area contributed by atoms with Gasteiger partial charge in [0, 0.05) is 38.9 Å². The summed E-state index contributed by atoms with van der Waals surface area (Å²) in [5, 5.41) is 7.87. The van der Waals surface area contributed by atoms with E-state index in [4.69, 9.17) is 14.2 Å². The minimum Gasteiger partial charge on any atom is -0.486 e. The van der Waals surface area contributed by atoms with Crippen molar-refractivity contribution in [2.24, 2.45) is 13.0 Å². The van der Waals surface area contributed by atoms with E-state index >= 15 is 0 Å². The minimum atomic E-state index is 0.119. The lowest BCUT2D eigenvalue weighted by atomic mass is 9.92. The Morgan fingerprint density at radius 1 is 1.16 bits per heavy atom. The number of aromatic nitrogens is 2. The van der Waals surface area contributed by atoms with Gasteiger partial charge in [0.05, 0.1) is 5.69 Å². The highest BCUT2D eigenvalue weighted by Gasteiger charge is 2.29.